The molecule has 1 atom stereocenters. The van der Waals surface area contributed by atoms with Gasteiger partial charge in [-0.05, 0) is 17.7 Å². The lowest BCUT2D eigenvalue weighted by Gasteiger charge is -2.12. The highest BCUT2D eigenvalue weighted by molar-refractivity contribution is 5.85. The fourth-order valence-electron chi connectivity index (χ4n) is 2.49. The minimum absolute atomic E-state index is 0.140. The quantitative estimate of drug-likeness (QED) is 0.899. The molecule has 132 valence electrons. The molecule has 0 aliphatic carbocycles. The van der Waals surface area contributed by atoms with Crippen LogP contribution in [0.2, 0.25) is 0 Å². The maximum absolute atomic E-state index is 12.3. The second-order valence-corrected chi connectivity index (χ2v) is 5.53. The first-order valence-corrected chi connectivity index (χ1v) is 7.56. The lowest BCUT2D eigenvalue weighted by Crippen LogP contribution is -2.29. The number of fused-ring (bicyclic) bond motifs is 1. The Morgan fingerprint density at radius 1 is 1.32 bits per heavy atom. The van der Waals surface area contributed by atoms with Crippen LogP contribution in [-0.2, 0) is 11.3 Å². The highest BCUT2D eigenvalue weighted by atomic mass is 19.4. The van der Waals surface area contributed by atoms with E-state index in [0.717, 1.165) is 5.56 Å². The van der Waals surface area contributed by atoms with Crippen LogP contribution in [0.1, 0.15) is 17.0 Å². The van der Waals surface area contributed by atoms with Crippen molar-refractivity contribution in [3.63, 3.8) is 0 Å². The van der Waals surface area contributed by atoms with Crippen molar-refractivity contribution in [2.24, 2.45) is 0 Å². The Morgan fingerprint density at radius 3 is 2.92 bits per heavy atom. The maximum Gasteiger partial charge on any atom is 0.422 e. The summed E-state index contributed by atoms with van der Waals surface area (Å²) in [6.07, 6.45) is -3.09. The van der Waals surface area contributed by atoms with Crippen LogP contribution in [-0.4, -0.2) is 30.3 Å². The summed E-state index contributed by atoms with van der Waals surface area (Å²) in [5.74, 6) is -0.0634. The number of aromatic nitrogens is 1. The van der Waals surface area contributed by atoms with Crippen LogP contribution in [0.3, 0.4) is 0 Å². The van der Waals surface area contributed by atoms with E-state index < -0.39 is 18.7 Å². The Labute approximate surface area is 141 Å². The Balaban J connectivity index is 1.58. The molecule has 0 radical (unpaired) electrons. The zero-order valence-corrected chi connectivity index (χ0v) is 13.0. The van der Waals surface area contributed by atoms with E-state index in [0.29, 0.717) is 11.3 Å². The lowest BCUT2D eigenvalue weighted by molar-refractivity contribution is -0.154. The Morgan fingerprint density at radius 2 is 2.12 bits per heavy atom. The van der Waals surface area contributed by atoms with Gasteiger partial charge in [0.2, 0.25) is 11.8 Å². The number of hydrogen-bond donors (Lipinski definition) is 1. The average molecular weight is 352 g/mol. The van der Waals surface area contributed by atoms with Crippen LogP contribution in [0.4, 0.5) is 13.2 Å². The Hall–Kier alpha value is -2.77. The highest BCUT2D eigenvalue weighted by Crippen LogP contribution is 2.33. The van der Waals surface area contributed by atoms with Gasteiger partial charge in [0.15, 0.2) is 6.61 Å². The van der Waals surface area contributed by atoms with Gasteiger partial charge in [-0.1, -0.05) is 18.2 Å². The lowest BCUT2D eigenvalue weighted by atomic mass is 10.0. The molecule has 1 amide bonds. The molecular formula is C17H15F3N2O3. The van der Waals surface area contributed by atoms with Crippen molar-refractivity contribution in [1.29, 1.82) is 0 Å². The predicted octanol–water partition coefficient (Wildman–Crippen LogP) is 2.82. The number of halogens is 3. The van der Waals surface area contributed by atoms with Crippen LogP contribution in [0.25, 0.3) is 0 Å². The molecule has 0 bridgehead atoms. The van der Waals surface area contributed by atoms with E-state index in [1.807, 2.05) is 18.2 Å². The molecule has 1 N–H and O–H groups in total. The first-order chi connectivity index (χ1) is 11.9. The summed E-state index contributed by atoms with van der Waals surface area (Å²) >= 11 is 0. The number of hydrogen-bond acceptors (Lipinski definition) is 4. The number of nitrogens with one attached hydrogen (secondary N) is 1. The van der Waals surface area contributed by atoms with Crippen molar-refractivity contribution in [2.45, 2.75) is 18.6 Å². The predicted molar refractivity (Wildman–Crippen MR) is 82.3 cm³/mol. The Bertz CT molecular complexity index is 765. The molecule has 1 aromatic carbocycles. The fourth-order valence-corrected chi connectivity index (χ4v) is 2.49. The van der Waals surface area contributed by atoms with Crippen molar-refractivity contribution in [1.82, 2.24) is 10.3 Å². The molecule has 2 aromatic rings. The van der Waals surface area contributed by atoms with E-state index in [2.05, 4.69) is 15.0 Å². The van der Waals surface area contributed by atoms with E-state index in [-0.39, 0.29) is 24.9 Å². The fraction of sp³-hybridized carbons (Fsp3) is 0.294. The molecular weight excluding hydrogens is 337 g/mol. The SMILES string of the molecule is O=C(NCc1ccnc(OCC(F)(F)F)c1)C1COc2ccccc21. The number of ether oxygens (including phenoxy) is 2. The summed E-state index contributed by atoms with van der Waals surface area (Å²) in [6, 6.07) is 10.3. The van der Waals surface area contributed by atoms with E-state index in [1.165, 1.54) is 12.3 Å². The van der Waals surface area contributed by atoms with Crippen molar-refractivity contribution in [3.05, 3.63) is 53.7 Å². The van der Waals surface area contributed by atoms with Gasteiger partial charge in [0, 0.05) is 24.4 Å². The third kappa shape index (κ3) is 4.40. The molecule has 0 spiro atoms. The van der Waals surface area contributed by atoms with Crippen molar-refractivity contribution in [2.75, 3.05) is 13.2 Å². The van der Waals surface area contributed by atoms with E-state index in [1.54, 1.807) is 12.1 Å². The van der Waals surface area contributed by atoms with Gasteiger partial charge in [-0.3, -0.25) is 4.79 Å². The summed E-state index contributed by atoms with van der Waals surface area (Å²) in [5, 5.41) is 2.76. The smallest absolute Gasteiger partial charge is 0.422 e. The highest BCUT2D eigenvalue weighted by Gasteiger charge is 2.30. The molecule has 8 heteroatoms. The summed E-state index contributed by atoms with van der Waals surface area (Å²) in [4.78, 5) is 16.1. The van der Waals surface area contributed by atoms with Gasteiger partial charge in [0.25, 0.3) is 0 Å². The van der Waals surface area contributed by atoms with Crippen LogP contribution in [0.5, 0.6) is 11.6 Å². The first-order valence-electron chi connectivity index (χ1n) is 7.56. The molecule has 1 unspecified atom stereocenters. The Kier molecular flexibility index (Phi) is 4.78. The van der Waals surface area contributed by atoms with Crippen LogP contribution in [0.15, 0.2) is 42.6 Å². The van der Waals surface area contributed by atoms with Gasteiger partial charge in [-0.2, -0.15) is 13.2 Å². The summed E-state index contributed by atoms with van der Waals surface area (Å²) in [5.41, 5.74) is 1.41. The van der Waals surface area contributed by atoms with Gasteiger partial charge in [-0.25, -0.2) is 4.98 Å². The molecule has 0 saturated heterocycles. The molecule has 0 fully saturated rings. The molecule has 0 saturated carbocycles. The van der Waals surface area contributed by atoms with Crippen molar-refractivity contribution >= 4 is 5.91 Å². The minimum atomic E-state index is -4.43. The van der Waals surface area contributed by atoms with Crippen LogP contribution < -0.4 is 14.8 Å². The van der Waals surface area contributed by atoms with Gasteiger partial charge in [0.05, 0.1) is 0 Å². The first kappa shape index (κ1) is 17.1. The largest absolute Gasteiger partial charge is 0.492 e. The second kappa shape index (κ2) is 7.00. The zero-order valence-electron chi connectivity index (χ0n) is 13.0. The van der Waals surface area contributed by atoms with E-state index in [9.17, 15) is 18.0 Å². The number of benzene rings is 1. The molecule has 25 heavy (non-hydrogen) atoms. The van der Waals surface area contributed by atoms with E-state index >= 15 is 0 Å². The van der Waals surface area contributed by atoms with Crippen LogP contribution >= 0.6 is 0 Å². The molecule has 3 rings (SSSR count). The number of alkyl halides is 3. The van der Waals surface area contributed by atoms with Crippen LogP contribution in [0, 0.1) is 0 Å². The number of rotatable bonds is 5. The third-order valence-corrected chi connectivity index (χ3v) is 3.67. The number of carbonyl (C=O) groups is 1. The number of amides is 1. The molecule has 1 aliphatic rings. The average Bonchev–Trinajstić information content (AvgIpc) is 3.02. The molecule has 5 nitrogen and oxygen atoms in total. The summed E-state index contributed by atoms with van der Waals surface area (Å²) in [6.45, 7) is -0.990. The summed E-state index contributed by atoms with van der Waals surface area (Å²) < 4.78 is 46.6. The molecule has 1 aromatic heterocycles. The van der Waals surface area contributed by atoms with Crippen molar-refractivity contribution < 1.29 is 27.4 Å². The van der Waals surface area contributed by atoms with Gasteiger partial charge >= 0.3 is 6.18 Å². The second-order valence-electron chi connectivity index (χ2n) is 5.53. The number of para-hydroxylation sites is 1. The normalized spacial score (nSPS) is 16.0. The monoisotopic (exact) mass is 352 g/mol. The number of carbonyl (C=O) groups excluding carboxylic acids is 1. The third-order valence-electron chi connectivity index (χ3n) is 3.67. The molecule has 1 aliphatic heterocycles. The van der Waals surface area contributed by atoms with Gasteiger partial charge in [0.1, 0.15) is 18.3 Å². The zero-order chi connectivity index (χ0) is 17.9. The number of pyridine rings is 1. The topological polar surface area (TPSA) is 60.5 Å². The van der Waals surface area contributed by atoms with Gasteiger partial charge < -0.3 is 14.8 Å². The van der Waals surface area contributed by atoms with Crippen molar-refractivity contribution in [3.8, 4) is 11.6 Å². The maximum atomic E-state index is 12.3. The standard InChI is InChI=1S/C17H15F3N2O3/c18-17(19,20)10-25-15-7-11(5-6-21-15)8-22-16(23)13-9-24-14-4-2-1-3-12(13)14/h1-7,13H,8-10H2,(H,22,23). The number of nitrogens with zero attached hydrogens (tertiary/aromatic N) is 1. The summed E-state index contributed by atoms with van der Waals surface area (Å²) in [7, 11) is 0. The van der Waals surface area contributed by atoms with E-state index in [4.69, 9.17) is 4.74 Å². The van der Waals surface area contributed by atoms with Gasteiger partial charge in [-0.15, -0.1) is 0 Å². The molecule has 2 heterocycles. The minimum Gasteiger partial charge on any atom is -0.492 e.